The van der Waals surface area contributed by atoms with E-state index in [0.717, 1.165) is 23.3 Å². The number of rotatable bonds is 10. The molecule has 4 heteroatoms. The number of benzene rings is 1. The summed E-state index contributed by atoms with van der Waals surface area (Å²) in [4.78, 5) is 0.731. The summed E-state index contributed by atoms with van der Waals surface area (Å²) in [6.07, 6.45) is 3.88. The predicted octanol–water partition coefficient (Wildman–Crippen LogP) is 3.43. The lowest BCUT2D eigenvalue weighted by molar-refractivity contribution is 0.0276. The Balaban J connectivity index is 2.43. The Morgan fingerprint density at radius 2 is 1.68 bits per heavy atom. The van der Waals surface area contributed by atoms with E-state index >= 15 is 0 Å². The van der Waals surface area contributed by atoms with Crippen molar-refractivity contribution in [3.05, 3.63) is 29.8 Å². The first kappa shape index (κ1) is 19.3. The number of hydrogen-bond donors (Lipinski definition) is 2. The van der Waals surface area contributed by atoms with Crippen molar-refractivity contribution in [1.29, 1.82) is 0 Å². The van der Waals surface area contributed by atoms with Crippen molar-refractivity contribution < 1.29 is 14.4 Å². The zero-order valence-electron chi connectivity index (χ0n) is 14.0. The Bertz CT molecular complexity index is 444. The first-order valence-electron chi connectivity index (χ1n) is 8.26. The van der Waals surface area contributed by atoms with Gasteiger partial charge >= 0.3 is 0 Å². The van der Waals surface area contributed by atoms with E-state index in [1.165, 1.54) is 12.8 Å². The van der Waals surface area contributed by atoms with Crippen LogP contribution >= 0.6 is 0 Å². The van der Waals surface area contributed by atoms with Crippen LogP contribution in [0.3, 0.4) is 0 Å². The van der Waals surface area contributed by atoms with Gasteiger partial charge in [0.05, 0.1) is 28.8 Å². The van der Waals surface area contributed by atoms with E-state index < -0.39 is 23.0 Å². The molecular weight excluding hydrogens is 296 g/mol. The van der Waals surface area contributed by atoms with Crippen molar-refractivity contribution in [2.24, 2.45) is 5.92 Å². The quantitative estimate of drug-likeness (QED) is 0.648. The number of aliphatic hydroxyl groups excluding tert-OH is 2. The topological polar surface area (TPSA) is 57.5 Å². The fraction of sp³-hybridized carbons (Fsp3) is 0.667. The molecule has 0 spiro atoms. The molecule has 0 radical (unpaired) electrons. The van der Waals surface area contributed by atoms with Gasteiger partial charge in [0.1, 0.15) is 0 Å². The second-order valence-electron chi connectivity index (χ2n) is 6.17. The third-order valence-corrected chi connectivity index (χ3v) is 5.62. The average Bonchev–Trinajstić information content (AvgIpc) is 2.51. The van der Waals surface area contributed by atoms with Gasteiger partial charge in [0.25, 0.3) is 0 Å². The number of aliphatic hydroxyl groups is 2. The lowest BCUT2D eigenvalue weighted by Crippen LogP contribution is -2.33. The SMILES string of the molecule is CCCCCC[C@H](O)[C@@H](C)[C@H](O)C[S@@](=O)c1ccc(C)cc1. The molecule has 0 aromatic heterocycles. The highest BCUT2D eigenvalue weighted by molar-refractivity contribution is 7.85. The second kappa shape index (κ2) is 10.1. The number of unbranched alkanes of at least 4 members (excludes halogenated alkanes) is 3. The van der Waals surface area contributed by atoms with Crippen molar-refractivity contribution in [1.82, 2.24) is 0 Å². The Labute approximate surface area is 137 Å². The molecule has 2 N–H and O–H groups in total. The molecule has 1 rings (SSSR count). The van der Waals surface area contributed by atoms with Gasteiger partial charge in [0.15, 0.2) is 0 Å². The molecule has 126 valence electrons. The van der Waals surface area contributed by atoms with Crippen LogP contribution < -0.4 is 0 Å². The average molecular weight is 327 g/mol. The highest BCUT2D eigenvalue weighted by Gasteiger charge is 2.24. The molecule has 0 aliphatic rings. The third-order valence-electron chi connectivity index (χ3n) is 4.17. The van der Waals surface area contributed by atoms with Gasteiger partial charge in [-0.1, -0.05) is 57.2 Å². The van der Waals surface area contributed by atoms with Gasteiger partial charge in [-0.2, -0.15) is 0 Å². The standard InChI is InChI=1S/C18H30O3S/c1-4-5-6-7-8-17(19)15(3)18(20)13-22(21)16-11-9-14(2)10-12-16/h9-12,15,17-20H,4-8,13H2,1-3H3/t15-,17+,18-,22-/m1/s1. The van der Waals surface area contributed by atoms with Crippen molar-refractivity contribution in [3.63, 3.8) is 0 Å². The van der Waals surface area contributed by atoms with Crippen LogP contribution in [0.5, 0.6) is 0 Å². The molecule has 0 fully saturated rings. The van der Waals surface area contributed by atoms with Crippen LogP contribution in [-0.2, 0) is 10.8 Å². The van der Waals surface area contributed by atoms with Gasteiger partial charge in [-0.15, -0.1) is 0 Å². The molecule has 0 amide bonds. The van der Waals surface area contributed by atoms with Crippen LogP contribution in [0.4, 0.5) is 0 Å². The maximum atomic E-state index is 12.3. The molecule has 3 nitrogen and oxygen atoms in total. The fourth-order valence-electron chi connectivity index (χ4n) is 2.39. The van der Waals surface area contributed by atoms with E-state index in [4.69, 9.17) is 0 Å². The lowest BCUT2D eigenvalue weighted by atomic mass is 9.94. The second-order valence-corrected chi connectivity index (χ2v) is 7.66. The van der Waals surface area contributed by atoms with Gasteiger partial charge in [-0.05, 0) is 25.5 Å². The zero-order chi connectivity index (χ0) is 16.5. The zero-order valence-corrected chi connectivity index (χ0v) is 14.8. The van der Waals surface area contributed by atoms with Gasteiger partial charge in [-0.25, -0.2) is 0 Å². The minimum atomic E-state index is -1.23. The van der Waals surface area contributed by atoms with Crippen molar-refractivity contribution in [3.8, 4) is 0 Å². The number of aryl methyl sites for hydroxylation is 1. The summed E-state index contributed by atoms with van der Waals surface area (Å²) in [5, 5.41) is 20.4. The fourth-order valence-corrected chi connectivity index (χ4v) is 3.64. The van der Waals surface area contributed by atoms with Crippen LogP contribution in [0.25, 0.3) is 0 Å². The molecule has 0 saturated carbocycles. The minimum Gasteiger partial charge on any atom is -0.393 e. The molecule has 0 heterocycles. The summed E-state index contributed by atoms with van der Waals surface area (Å²) in [6.45, 7) is 5.98. The molecule has 4 atom stereocenters. The first-order chi connectivity index (χ1) is 10.5. The van der Waals surface area contributed by atoms with E-state index in [2.05, 4.69) is 6.92 Å². The summed E-state index contributed by atoms with van der Waals surface area (Å²) in [6, 6.07) is 7.52. The smallest absolute Gasteiger partial charge is 0.0709 e. The van der Waals surface area contributed by atoms with E-state index in [0.29, 0.717) is 6.42 Å². The van der Waals surface area contributed by atoms with Crippen LogP contribution in [0.1, 0.15) is 51.5 Å². The first-order valence-corrected chi connectivity index (χ1v) is 9.58. The molecule has 0 aliphatic carbocycles. The van der Waals surface area contributed by atoms with E-state index in [1.807, 2.05) is 38.1 Å². The normalized spacial score (nSPS) is 17.0. The summed E-state index contributed by atoms with van der Waals surface area (Å²) >= 11 is 0. The van der Waals surface area contributed by atoms with Crippen molar-refractivity contribution in [2.45, 2.75) is 70.0 Å². The number of hydrogen-bond acceptors (Lipinski definition) is 3. The highest BCUT2D eigenvalue weighted by atomic mass is 32.2. The van der Waals surface area contributed by atoms with Crippen LogP contribution in [0.2, 0.25) is 0 Å². The largest absolute Gasteiger partial charge is 0.393 e. The summed E-state index contributed by atoms with van der Waals surface area (Å²) in [5.74, 6) is -0.0768. The maximum absolute atomic E-state index is 12.3. The highest BCUT2D eigenvalue weighted by Crippen LogP contribution is 2.18. The predicted molar refractivity (Wildman–Crippen MR) is 92.4 cm³/mol. The van der Waals surface area contributed by atoms with Gasteiger partial charge in [0, 0.05) is 10.8 Å². The maximum Gasteiger partial charge on any atom is 0.0709 e. The molecule has 0 bridgehead atoms. The van der Waals surface area contributed by atoms with Crippen LogP contribution in [0.15, 0.2) is 29.2 Å². The molecule has 22 heavy (non-hydrogen) atoms. The molecular formula is C18H30O3S. The molecule has 1 aromatic rings. The van der Waals surface area contributed by atoms with Crippen molar-refractivity contribution >= 4 is 10.8 Å². The Kier molecular flexibility index (Phi) is 8.91. The van der Waals surface area contributed by atoms with E-state index in [1.54, 1.807) is 0 Å². The van der Waals surface area contributed by atoms with Gasteiger partial charge in [-0.3, -0.25) is 4.21 Å². The summed E-state index contributed by atoms with van der Waals surface area (Å²) in [7, 11) is -1.23. The third kappa shape index (κ3) is 6.59. The minimum absolute atomic E-state index is 0.177. The van der Waals surface area contributed by atoms with E-state index in [9.17, 15) is 14.4 Å². The lowest BCUT2D eigenvalue weighted by Gasteiger charge is -2.24. The monoisotopic (exact) mass is 326 g/mol. The molecule has 0 saturated heterocycles. The Morgan fingerprint density at radius 3 is 2.27 bits per heavy atom. The van der Waals surface area contributed by atoms with Gasteiger partial charge < -0.3 is 10.2 Å². The van der Waals surface area contributed by atoms with Crippen molar-refractivity contribution in [2.75, 3.05) is 5.75 Å². The van der Waals surface area contributed by atoms with Crippen LogP contribution in [-0.4, -0.2) is 32.4 Å². The Morgan fingerprint density at radius 1 is 1.05 bits per heavy atom. The molecule has 1 aromatic carbocycles. The van der Waals surface area contributed by atoms with Gasteiger partial charge in [0.2, 0.25) is 0 Å². The Hall–Kier alpha value is -0.710. The molecule has 0 aliphatic heterocycles. The van der Waals surface area contributed by atoms with Crippen LogP contribution in [0, 0.1) is 12.8 Å². The van der Waals surface area contributed by atoms with E-state index in [-0.39, 0.29) is 11.7 Å². The summed E-state index contributed by atoms with van der Waals surface area (Å²) < 4.78 is 12.3. The molecule has 0 unspecified atom stereocenters. The summed E-state index contributed by atoms with van der Waals surface area (Å²) in [5.41, 5.74) is 1.12.